The van der Waals surface area contributed by atoms with Gasteiger partial charge < -0.3 is 4.90 Å². The quantitative estimate of drug-likeness (QED) is 0.747. The fraction of sp³-hybridized carbons (Fsp3) is 0.500. The molecule has 0 N–H and O–H groups in total. The molecule has 0 aromatic heterocycles. The lowest BCUT2D eigenvalue weighted by atomic mass is 9.94. The zero-order valence-electron chi connectivity index (χ0n) is 15.1. The van der Waals surface area contributed by atoms with Crippen molar-refractivity contribution in [2.45, 2.75) is 57.9 Å². The molecule has 1 aromatic carbocycles. The molecule has 0 spiro atoms. The molecule has 25 heavy (non-hydrogen) atoms. The molecule has 2 aliphatic rings. The number of carbonyl (C=O) groups is 2. The molecule has 1 aliphatic heterocycles. The van der Waals surface area contributed by atoms with Gasteiger partial charge in [0, 0.05) is 13.1 Å². The molecule has 0 saturated heterocycles. The first kappa shape index (κ1) is 18.0. The van der Waals surface area contributed by atoms with E-state index in [2.05, 4.69) is 13.8 Å². The third kappa shape index (κ3) is 3.32. The van der Waals surface area contributed by atoms with Crippen molar-refractivity contribution in [2.75, 3.05) is 11.9 Å². The van der Waals surface area contributed by atoms with Gasteiger partial charge in [0.25, 0.3) is 11.8 Å². The minimum atomic E-state index is -0.429. The van der Waals surface area contributed by atoms with Crippen LogP contribution in [0.3, 0.4) is 0 Å². The summed E-state index contributed by atoms with van der Waals surface area (Å²) < 4.78 is 0. The highest BCUT2D eigenvalue weighted by Gasteiger charge is 2.41. The second-order valence-electron chi connectivity index (χ2n) is 7.26. The van der Waals surface area contributed by atoms with E-state index >= 15 is 0 Å². The maximum Gasteiger partial charge on any atom is 0.283 e. The van der Waals surface area contributed by atoms with Crippen molar-refractivity contribution in [2.24, 2.45) is 0 Å². The molecule has 0 bridgehead atoms. The number of benzene rings is 1. The average molecular weight is 361 g/mol. The van der Waals surface area contributed by atoms with Crippen molar-refractivity contribution in [1.82, 2.24) is 4.90 Å². The number of imide groups is 1. The number of carbonyl (C=O) groups excluding carboxylic acids is 2. The van der Waals surface area contributed by atoms with E-state index in [1.807, 2.05) is 36.2 Å². The Hall–Kier alpha value is -1.81. The van der Waals surface area contributed by atoms with Gasteiger partial charge in [-0.25, -0.2) is 4.90 Å². The molecular formula is C20H25ClN2O2. The van der Waals surface area contributed by atoms with E-state index in [9.17, 15) is 9.59 Å². The third-order valence-corrected chi connectivity index (χ3v) is 5.64. The summed E-state index contributed by atoms with van der Waals surface area (Å²) in [7, 11) is 1.88. The van der Waals surface area contributed by atoms with Crippen LogP contribution in [0, 0.1) is 0 Å². The normalized spacial score (nSPS) is 19.3. The van der Waals surface area contributed by atoms with E-state index in [1.165, 1.54) is 16.9 Å². The number of nitrogens with zero attached hydrogens (tertiary/aromatic N) is 2. The Morgan fingerprint density at radius 3 is 2.20 bits per heavy atom. The Kier molecular flexibility index (Phi) is 5.19. The van der Waals surface area contributed by atoms with E-state index in [1.54, 1.807) is 0 Å². The minimum Gasteiger partial charge on any atom is -0.366 e. The lowest BCUT2D eigenvalue weighted by Gasteiger charge is -2.33. The minimum absolute atomic E-state index is 0.0333. The van der Waals surface area contributed by atoms with Gasteiger partial charge in [-0.2, -0.15) is 0 Å². The van der Waals surface area contributed by atoms with Gasteiger partial charge in [0.2, 0.25) is 0 Å². The van der Waals surface area contributed by atoms with Crippen LogP contribution in [0.4, 0.5) is 5.69 Å². The average Bonchev–Trinajstić information content (AvgIpc) is 2.84. The highest BCUT2D eigenvalue weighted by molar-refractivity contribution is 6.52. The molecule has 2 amide bonds. The van der Waals surface area contributed by atoms with Crippen molar-refractivity contribution in [1.29, 1.82) is 0 Å². The predicted molar refractivity (Wildman–Crippen MR) is 101 cm³/mol. The summed E-state index contributed by atoms with van der Waals surface area (Å²) in [5.41, 5.74) is 2.08. The molecule has 1 fully saturated rings. The summed E-state index contributed by atoms with van der Waals surface area (Å²) in [6.07, 6.45) is 5.62. The molecule has 1 aromatic rings. The first-order chi connectivity index (χ1) is 11.9. The fourth-order valence-corrected chi connectivity index (χ4v) is 3.99. The molecule has 1 aliphatic carbocycles. The van der Waals surface area contributed by atoms with Gasteiger partial charge in [-0.1, -0.05) is 56.8 Å². The van der Waals surface area contributed by atoms with Gasteiger partial charge in [-0.3, -0.25) is 9.59 Å². The lowest BCUT2D eigenvalue weighted by Crippen LogP contribution is -2.38. The maximum absolute atomic E-state index is 13.0. The Morgan fingerprint density at radius 1 is 1.04 bits per heavy atom. The van der Waals surface area contributed by atoms with Crippen molar-refractivity contribution < 1.29 is 9.59 Å². The number of anilines is 1. The largest absolute Gasteiger partial charge is 0.366 e. The topological polar surface area (TPSA) is 40.6 Å². The molecule has 1 saturated carbocycles. The Morgan fingerprint density at radius 2 is 1.64 bits per heavy atom. The maximum atomic E-state index is 13.0. The Labute approximate surface area is 154 Å². The van der Waals surface area contributed by atoms with Crippen molar-refractivity contribution >= 4 is 29.1 Å². The lowest BCUT2D eigenvalue weighted by molar-refractivity contribution is -0.121. The number of halogens is 1. The number of hydrogen-bond acceptors (Lipinski definition) is 3. The van der Waals surface area contributed by atoms with Crippen LogP contribution >= 0.6 is 11.6 Å². The van der Waals surface area contributed by atoms with E-state index in [-0.39, 0.29) is 17.0 Å². The van der Waals surface area contributed by atoms with Gasteiger partial charge in [0.1, 0.15) is 10.7 Å². The van der Waals surface area contributed by atoms with Crippen LogP contribution < -0.4 is 4.90 Å². The van der Waals surface area contributed by atoms with E-state index in [0.29, 0.717) is 17.3 Å². The summed E-state index contributed by atoms with van der Waals surface area (Å²) in [6.45, 7) is 4.22. The van der Waals surface area contributed by atoms with Crippen LogP contribution in [-0.2, 0) is 9.59 Å². The summed E-state index contributed by atoms with van der Waals surface area (Å²) in [6, 6.07) is 7.82. The number of likely N-dealkylation sites (N-methyl/N-ethyl adjacent to an activating group) is 1. The summed E-state index contributed by atoms with van der Waals surface area (Å²) in [5, 5.41) is 0.0333. The molecule has 134 valence electrons. The van der Waals surface area contributed by atoms with Gasteiger partial charge in [-0.15, -0.1) is 0 Å². The van der Waals surface area contributed by atoms with E-state index in [4.69, 9.17) is 11.6 Å². The summed E-state index contributed by atoms with van der Waals surface area (Å²) in [5.74, 6) is -0.351. The van der Waals surface area contributed by atoms with Gasteiger partial charge in [-0.05, 0) is 36.5 Å². The molecule has 5 heteroatoms. The number of hydrogen-bond donors (Lipinski definition) is 0. The van der Waals surface area contributed by atoms with Crippen LogP contribution in [0.1, 0.15) is 57.4 Å². The second-order valence-corrected chi connectivity index (χ2v) is 7.64. The second kappa shape index (κ2) is 7.20. The van der Waals surface area contributed by atoms with E-state index < -0.39 is 5.91 Å². The third-order valence-electron chi connectivity index (χ3n) is 5.30. The monoisotopic (exact) mass is 360 g/mol. The molecule has 0 unspecified atom stereocenters. The summed E-state index contributed by atoms with van der Waals surface area (Å²) >= 11 is 6.29. The SMILES string of the molecule is CC(C)c1ccc(N2C(=O)C(Cl)=C(N(C)C3CCCCC3)C2=O)cc1. The van der Waals surface area contributed by atoms with Crippen LogP contribution in [0.25, 0.3) is 0 Å². The molecule has 0 atom stereocenters. The van der Waals surface area contributed by atoms with Crippen LogP contribution in [0.2, 0.25) is 0 Å². The Bertz CT molecular complexity index is 703. The molecular weight excluding hydrogens is 336 g/mol. The van der Waals surface area contributed by atoms with Crippen LogP contribution in [0.15, 0.2) is 35.0 Å². The van der Waals surface area contributed by atoms with Crippen molar-refractivity contribution in [3.05, 3.63) is 40.6 Å². The first-order valence-electron chi connectivity index (χ1n) is 9.03. The van der Waals surface area contributed by atoms with Crippen LogP contribution in [-0.4, -0.2) is 29.8 Å². The number of rotatable bonds is 4. The molecule has 0 radical (unpaired) electrons. The van der Waals surface area contributed by atoms with Gasteiger partial charge in [0.05, 0.1) is 5.69 Å². The van der Waals surface area contributed by atoms with Crippen molar-refractivity contribution in [3.63, 3.8) is 0 Å². The molecule has 3 rings (SSSR count). The van der Waals surface area contributed by atoms with E-state index in [0.717, 1.165) is 25.7 Å². The predicted octanol–water partition coefficient (Wildman–Crippen LogP) is 4.40. The first-order valence-corrected chi connectivity index (χ1v) is 9.41. The number of amides is 2. The fourth-order valence-electron chi connectivity index (χ4n) is 3.69. The standard InChI is InChI=1S/C20H25ClN2O2/c1-13(2)14-9-11-16(12-10-14)23-19(24)17(21)18(20(23)25)22(3)15-7-5-4-6-8-15/h9-13,15H,4-8H2,1-3H3. The van der Waals surface area contributed by atoms with Crippen LogP contribution in [0.5, 0.6) is 0 Å². The van der Waals surface area contributed by atoms with Gasteiger partial charge in [0.15, 0.2) is 0 Å². The smallest absolute Gasteiger partial charge is 0.283 e. The highest BCUT2D eigenvalue weighted by atomic mass is 35.5. The molecule has 1 heterocycles. The zero-order valence-corrected chi connectivity index (χ0v) is 15.8. The summed E-state index contributed by atoms with van der Waals surface area (Å²) in [4.78, 5) is 28.7. The van der Waals surface area contributed by atoms with Crippen molar-refractivity contribution in [3.8, 4) is 0 Å². The Balaban J connectivity index is 1.85. The van der Waals surface area contributed by atoms with Gasteiger partial charge >= 0.3 is 0 Å². The highest BCUT2D eigenvalue weighted by Crippen LogP contribution is 2.34. The molecule has 4 nitrogen and oxygen atoms in total. The zero-order chi connectivity index (χ0) is 18.1.